The van der Waals surface area contributed by atoms with Crippen molar-refractivity contribution in [3.63, 3.8) is 0 Å². The van der Waals surface area contributed by atoms with E-state index < -0.39 is 0 Å². The molecule has 0 saturated heterocycles. The van der Waals surface area contributed by atoms with Gasteiger partial charge in [0.15, 0.2) is 5.82 Å². The summed E-state index contributed by atoms with van der Waals surface area (Å²) in [6.07, 6.45) is 0. The van der Waals surface area contributed by atoms with Crippen LogP contribution in [0, 0.1) is 0 Å². The van der Waals surface area contributed by atoms with Crippen LogP contribution in [0.4, 0.5) is 0 Å². The van der Waals surface area contributed by atoms with Crippen LogP contribution in [0.1, 0.15) is 105 Å². The zero-order valence-electron chi connectivity index (χ0n) is 34.1. The molecule has 0 N–H and O–H groups in total. The summed E-state index contributed by atoms with van der Waals surface area (Å²) in [5.74, 6) is 1.86. The number of para-hydroxylation sites is 3. The highest BCUT2D eigenvalue weighted by Crippen LogP contribution is 2.42. The fraction of sp³-hybridized carbons (Fsp3) is 0.327. The molecule has 8 rings (SSSR count). The summed E-state index contributed by atoms with van der Waals surface area (Å²) in [6, 6.07) is 37.6. The van der Waals surface area contributed by atoms with Gasteiger partial charge in [0.2, 0.25) is 11.9 Å². The van der Waals surface area contributed by atoms with E-state index in [0.29, 0.717) is 17.7 Å². The lowest BCUT2D eigenvalue weighted by molar-refractivity contribution is 0.569. The van der Waals surface area contributed by atoms with Crippen LogP contribution < -0.4 is 0 Å². The van der Waals surface area contributed by atoms with Crippen molar-refractivity contribution in [2.45, 2.75) is 105 Å². The van der Waals surface area contributed by atoms with Crippen molar-refractivity contribution >= 4 is 43.6 Å². The minimum absolute atomic E-state index is 0.0235. The number of nitrogens with zero attached hydrogens (tertiary/aromatic N) is 5. The molecule has 0 atom stereocenters. The maximum absolute atomic E-state index is 5.48. The summed E-state index contributed by atoms with van der Waals surface area (Å²) in [4.78, 5) is 16.4. The Bertz CT molecular complexity index is 2660. The van der Waals surface area contributed by atoms with E-state index in [0.717, 1.165) is 27.6 Å². The Balaban J connectivity index is 1.55. The monoisotopic (exact) mass is 711 g/mol. The molecule has 0 unspecified atom stereocenters. The summed E-state index contributed by atoms with van der Waals surface area (Å²) in [5, 5.41) is 4.74. The standard InChI is InChI=1S/C49H53N5/c1-46(2,3)31-25-30(26-32(27-31)47(4,5)6)43-50-44(53-39-22-16-13-19-34(39)35-20-14-17-23-40(35)53)52-45(51-43)54-41-24-18-15-21-36(41)37-28-33(48(7,8)9)29-38(42(37)54)49(10,11)12/h13-29H,1-12H3. The molecular weight excluding hydrogens is 659 g/mol. The van der Waals surface area contributed by atoms with E-state index in [1.807, 2.05) is 0 Å². The molecule has 5 heteroatoms. The van der Waals surface area contributed by atoms with Crippen molar-refractivity contribution in [3.05, 3.63) is 125 Å². The van der Waals surface area contributed by atoms with Gasteiger partial charge in [0.1, 0.15) is 0 Å². The Morgan fingerprint density at radius 1 is 0.389 bits per heavy atom. The van der Waals surface area contributed by atoms with Crippen LogP contribution in [0.25, 0.3) is 66.9 Å². The third-order valence-electron chi connectivity index (χ3n) is 11.0. The van der Waals surface area contributed by atoms with Crippen LogP contribution in [0.2, 0.25) is 0 Å². The third kappa shape index (κ3) is 5.98. The average molecular weight is 712 g/mol. The molecular formula is C49H53N5. The number of aromatic nitrogens is 5. The third-order valence-corrected chi connectivity index (χ3v) is 11.0. The van der Waals surface area contributed by atoms with Crippen molar-refractivity contribution in [1.29, 1.82) is 0 Å². The molecule has 54 heavy (non-hydrogen) atoms. The lowest BCUT2D eigenvalue weighted by Crippen LogP contribution is -2.18. The van der Waals surface area contributed by atoms with Crippen LogP contribution in [0.15, 0.2) is 103 Å². The highest BCUT2D eigenvalue weighted by Gasteiger charge is 2.29. The summed E-state index contributed by atoms with van der Waals surface area (Å²) < 4.78 is 4.52. The Labute approximate surface area is 320 Å². The first-order chi connectivity index (χ1) is 25.3. The second-order valence-electron chi connectivity index (χ2n) is 19.2. The number of benzene rings is 5. The van der Waals surface area contributed by atoms with Gasteiger partial charge in [-0.1, -0.05) is 150 Å². The summed E-state index contributed by atoms with van der Waals surface area (Å²) in [5.41, 5.74) is 10.1. The van der Waals surface area contributed by atoms with Crippen LogP contribution >= 0.6 is 0 Å². The van der Waals surface area contributed by atoms with Crippen LogP contribution in [-0.2, 0) is 21.7 Å². The van der Waals surface area contributed by atoms with E-state index in [4.69, 9.17) is 15.0 Å². The first-order valence-electron chi connectivity index (χ1n) is 19.3. The number of hydrogen-bond acceptors (Lipinski definition) is 3. The first-order valence-corrected chi connectivity index (χ1v) is 19.3. The first kappa shape index (κ1) is 35.7. The quantitative estimate of drug-likeness (QED) is 0.183. The second kappa shape index (κ2) is 12.1. The molecule has 5 aromatic carbocycles. The smallest absolute Gasteiger partial charge is 0.240 e. The van der Waals surface area contributed by atoms with Gasteiger partial charge in [-0.15, -0.1) is 0 Å². The molecule has 0 aliphatic carbocycles. The maximum Gasteiger partial charge on any atom is 0.240 e. The van der Waals surface area contributed by atoms with Gasteiger partial charge in [0.05, 0.1) is 22.1 Å². The second-order valence-corrected chi connectivity index (χ2v) is 19.2. The average Bonchev–Trinajstić information content (AvgIpc) is 3.62. The fourth-order valence-corrected chi connectivity index (χ4v) is 7.75. The molecule has 0 fully saturated rings. The Morgan fingerprint density at radius 2 is 0.796 bits per heavy atom. The van der Waals surface area contributed by atoms with Crippen LogP contribution in [0.3, 0.4) is 0 Å². The lowest BCUT2D eigenvalue weighted by atomic mass is 9.79. The van der Waals surface area contributed by atoms with Crippen molar-refractivity contribution in [1.82, 2.24) is 24.1 Å². The van der Waals surface area contributed by atoms with Gasteiger partial charge in [-0.2, -0.15) is 15.0 Å². The van der Waals surface area contributed by atoms with Crippen molar-refractivity contribution in [3.8, 4) is 23.3 Å². The molecule has 0 bridgehead atoms. The Morgan fingerprint density at radius 3 is 1.26 bits per heavy atom. The number of fused-ring (bicyclic) bond motifs is 6. The highest BCUT2D eigenvalue weighted by molar-refractivity contribution is 6.11. The van der Waals surface area contributed by atoms with E-state index in [-0.39, 0.29) is 21.7 Å². The molecule has 5 nitrogen and oxygen atoms in total. The van der Waals surface area contributed by atoms with Gasteiger partial charge in [-0.05, 0) is 80.3 Å². The normalized spacial score (nSPS) is 13.2. The molecule has 0 amide bonds. The molecule has 0 spiro atoms. The number of rotatable bonds is 3. The van der Waals surface area contributed by atoms with E-state index in [1.165, 1.54) is 43.8 Å². The summed E-state index contributed by atoms with van der Waals surface area (Å²) in [6.45, 7) is 27.5. The predicted molar refractivity (Wildman–Crippen MR) is 229 cm³/mol. The Hall–Kier alpha value is -5.29. The van der Waals surface area contributed by atoms with Crippen LogP contribution in [-0.4, -0.2) is 24.1 Å². The number of hydrogen-bond donors (Lipinski definition) is 0. The topological polar surface area (TPSA) is 48.5 Å². The SMILES string of the molecule is CC(C)(C)c1cc(-c2nc(-n3c4ccccc4c4ccccc43)nc(-n3c4ccccc4c4cc(C(C)(C)C)cc(C(C)(C)C)c43)n2)cc(C(C)(C)C)c1. The zero-order chi connectivity index (χ0) is 38.5. The minimum atomic E-state index is -0.153. The fourth-order valence-electron chi connectivity index (χ4n) is 7.75. The van der Waals surface area contributed by atoms with Gasteiger partial charge in [0, 0.05) is 27.1 Å². The van der Waals surface area contributed by atoms with E-state index in [9.17, 15) is 0 Å². The summed E-state index contributed by atoms with van der Waals surface area (Å²) in [7, 11) is 0. The van der Waals surface area contributed by atoms with Crippen molar-refractivity contribution in [2.24, 2.45) is 0 Å². The van der Waals surface area contributed by atoms with Gasteiger partial charge in [0.25, 0.3) is 0 Å². The molecule has 0 radical (unpaired) electrons. The van der Waals surface area contributed by atoms with E-state index in [2.05, 4.69) is 195 Å². The Kier molecular flexibility index (Phi) is 8.01. The van der Waals surface area contributed by atoms with Gasteiger partial charge < -0.3 is 0 Å². The van der Waals surface area contributed by atoms with Crippen molar-refractivity contribution in [2.75, 3.05) is 0 Å². The van der Waals surface area contributed by atoms with E-state index >= 15 is 0 Å². The van der Waals surface area contributed by atoms with E-state index in [1.54, 1.807) is 0 Å². The molecule has 0 aliphatic rings. The molecule has 0 saturated carbocycles. The molecule has 3 heterocycles. The zero-order valence-corrected chi connectivity index (χ0v) is 34.1. The molecule has 8 aromatic rings. The van der Waals surface area contributed by atoms with Gasteiger partial charge in [-0.3, -0.25) is 9.13 Å². The van der Waals surface area contributed by atoms with Crippen LogP contribution in [0.5, 0.6) is 0 Å². The highest BCUT2D eigenvalue weighted by atomic mass is 15.3. The van der Waals surface area contributed by atoms with Gasteiger partial charge >= 0.3 is 0 Å². The van der Waals surface area contributed by atoms with Gasteiger partial charge in [-0.25, -0.2) is 0 Å². The van der Waals surface area contributed by atoms with Crippen molar-refractivity contribution < 1.29 is 0 Å². The predicted octanol–water partition coefficient (Wildman–Crippen LogP) is 12.9. The molecule has 3 aromatic heterocycles. The summed E-state index contributed by atoms with van der Waals surface area (Å²) >= 11 is 0. The molecule has 0 aliphatic heterocycles. The minimum Gasteiger partial charge on any atom is -0.278 e. The molecule has 274 valence electrons. The lowest BCUT2D eigenvalue weighted by Gasteiger charge is -2.27. The maximum atomic E-state index is 5.48. The largest absolute Gasteiger partial charge is 0.278 e.